The zero-order chi connectivity index (χ0) is 13.9. The molecule has 2 aliphatic rings. The molecule has 1 aliphatic heterocycles. The van der Waals surface area contributed by atoms with Crippen LogP contribution in [0.1, 0.15) is 37.9 Å². The van der Waals surface area contributed by atoms with E-state index in [9.17, 15) is 4.79 Å². The molecule has 0 bridgehead atoms. The van der Waals surface area contributed by atoms with Gasteiger partial charge in [-0.05, 0) is 19.8 Å². The van der Waals surface area contributed by atoms with Gasteiger partial charge in [-0.2, -0.15) is 0 Å². The van der Waals surface area contributed by atoms with Crippen molar-refractivity contribution in [1.82, 2.24) is 14.9 Å². The summed E-state index contributed by atoms with van der Waals surface area (Å²) in [6.45, 7) is 3.64. The molecule has 1 N–H and O–H groups in total. The van der Waals surface area contributed by atoms with Crippen LogP contribution in [0, 0.1) is 12.8 Å². The number of carbonyl (C=O) groups is 1. The van der Waals surface area contributed by atoms with Gasteiger partial charge in [0.2, 0.25) is 5.91 Å². The van der Waals surface area contributed by atoms with Crippen molar-refractivity contribution >= 4 is 11.6 Å². The zero-order valence-electron chi connectivity index (χ0n) is 12.0. The van der Waals surface area contributed by atoms with Crippen LogP contribution in [0.3, 0.4) is 0 Å². The van der Waals surface area contributed by atoms with E-state index in [1.165, 1.54) is 32.1 Å². The molecule has 20 heavy (non-hydrogen) atoms. The summed E-state index contributed by atoms with van der Waals surface area (Å²) in [5.41, 5.74) is 0.691. The third-order valence-corrected chi connectivity index (χ3v) is 4.42. The minimum absolute atomic E-state index is 0.101. The van der Waals surface area contributed by atoms with E-state index in [1.54, 1.807) is 12.4 Å². The van der Waals surface area contributed by atoms with Crippen LogP contribution in [0.15, 0.2) is 12.4 Å². The van der Waals surface area contributed by atoms with Gasteiger partial charge >= 0.3 is 0 Å². The summed E-state index contributed by atoms with van der Waals surface area (Å²) in [6, 6.07) is 0.718. The predicted octanol–water partition coefficient (Wildman–Crippen LogP) is 1.99. The fourth-order valence-corrected chi connectivity index (χ4v) is 3.12. The molecular weight excluding hydrogens is 252 g/mol. The Labute approximate surface area is 119 Å². The number of hydrogen-bond acceptors (Lipinski definition) is 4. The van der Waals surface area contributed by atoms with Crippen LogP contribution in [-0.4, -0.2) is 39.9 Å². The van der Waals surface area contributed by atoms with Crippen LogP contribution in [0.2, 0.25) is 0 Å². The molecule has 1 aromatic heterocycles. The van der Waals surface area contributed by atoms with Crippen molar-refractivity contribution in [2.75, 3.05) is 18.4 Å². The number of rotatable bonds is 3. The molecule has 0 atom stereocenters. The highest BCUT2D eigenvalue weighted by Crippen LogP contribution is 2.28. The Morgan fingerprint density at radius 2 is 1.85 bits per heavy atom. The first-order valence-electron chi connectivity index (χ1n) is 7.56. The Morgan fingerprint density at radius 3 is 2.50 bits per heavy atom. The lowest BCUT2D eigenvalue weighted by molar-refractivity contribution is -0.126. The molecule has 1 aromatic rings. The first kappa shape index (κ1) is 13.5. The lowest BCUT2D eigenvalue weighted by Gasteiger charge is -2.44. The molecule has 1 aliphatic carbocycles. The van der Waals surface area contributed by atoms with Gasteiger partial charge in [0, 0.05) is 19.1 Å². The number of nitrogens with one attached hydrogen (secondary N) is 1. The van der Waals surface area contributed by atoms with E-state index in [1.807, 2.05) is 6.92 Å². The van der Waals surface area contributed by atoms with E-state index in [-0.39, 0.29) is 11.8 Å². The highest BCUT2D eigenvalue weighted by atomic mass is 16.2. The van der Waals surface area contributed by atoms with E-state index in [4.69, 9.17) is 0 Å². The molecule has 0 unspecified atom stereocenters. The number of amides is 1. The monoisotopic (exact) mass is 274 g/mol. The first-order valence-corrected chi connectivity index (χ1v) is 7.56. The van der Waals surface area contributed by atoms with Crippen molar-refractivity contribution in [2.45, 2.75) is 45.1 Å². The van der Waals surface area contributed by atoms with Crippen LogP contribution < -0.4 is 5.32 Å². The van der Waals surface area contributed by atoms with Gasteiger partial charge < -0.3 is 5.32 Å². The molecule has 0 radical (unpaired) electrons. The van der Waals surface area contributed by atoms with Gasteiger partial charge in [0.1, 0.15) is 5.82 Å². The highest BCUT2D eigenvalue weighted by Gasteiger charge is 2.36. The van der Waals surface area contributed by atoms with Crippen molar-refractivity contribution in [3.8, 4) is 0 Å². The van der Waals surface area contributed by atoms with E-state index in [0.717, 1.165) is 25.0 Å². The van der Waals surface area contributed by atoms with Gasteiger partial charge in [0.05, 0.1) is 24.0 Å². The highest BCUT2D eigenvalue weighted by molar-refractivity contribution is 5.93. The Hall–Kier alpha value is -1.49. The van der Waals surface area contributed by atoms with Gasteiger partial charge in [-0.3, -0.25) is 9.69 Å². The normalized spacial score (nSPS) is 21.4. The molecular formula is C15H22N4O. The number of nitrogens with zero attached hydrogens (tertiary/aromatic N) is 3. The van der Waals surface area contributed by atoms with Crippen molar-refractivity contribution in [3.05, 3.63) is 18.2 Å². The van der Waals surface area contributed by atoms with Crippen molar-refractivity contribution < 1.29 is 4.79 Å². The van der Waals surface area contributed by atoms with Gasteiger partial charge in [-0.25, -0.2) is 9.97 Å². The minimum Gasteiger partial charge on any atom is -0.323 e. The molecule has 5 nitrogen and oxygen atoms in total. The maximum Gasteiger partial charge on any atom is 0.230 e. The average Bonchev–Trinajstić information content (AvgIpc) is 2.41. The second-order valence-corrected chi connectivity index (χ2v) is 5.95. The summed E-state index contributed by atoms with van der Waals surface area (Å²) in [4.78, 5) is 22.8. The van der Waals surface area contributed by atoms with E-state index in [0.29, 0.717) is 5.69 Å². The Bertz CT molecular complexity index is 461. The standard InChI is InChI=1S/C15H22N4O/c1-11-16-7-13(8-17-11)18-15(20)12-9-19(10-12)14-5-3-2-4-6-14/h7-8,12,14H,2-6,9-10H2,1H3,(H,18,20). The summed E-state index contributed by atoms with van der Waals surface area (Å²) < 4.78 is 0. The van der Waals surface area contributed by atoms with Crippen molar-refractivity contribution in [3.63, 3.8) is 0 Å². The largest absolute Gasteiger partial charge is 0.323 e. The van der Waals surface area contributed by atoms with Crippen LogP contribution in [0.4, 0.5) is 5.69 Å². The number of likely N-dealkylation sites (tertiary alicyclic amines) is 1. The van der Waals surface area contributed by atoms with Crippen LogP contribution >= 0.6 is 0 Å². The third kappa shape index (κ3) is 2.98. The van der Waals surface area contributed by atoms with Crippen molar-refractivity contribution in [1.29, 1.82) is 0 Å². The summed E-state index contributed by atoms with van der Waals surface area (Å²) in [7, 11) is 0. The second kappa shape index (κ2) is 5.87. The molecule has 2 heterocycles. The summed E-state index contributed by atoms with van der Waals surface area (Å²) >= 11 is 0. The van der Waals surface area contributed by atoms with Crippen LogP contribution in [-0.2, 0) is 4.79 Å². The number of aromatic nitrogens is 2. The smallest absolute Gasteiger partial charge is 0.230 e. The number of anilines is 1. The molecule has 108 valence electrons. The molecule has 5 heteroatoms. The number of carbonyl (C=O) groups excluding carboxylic acids is 1. The average molecular weight is 274 g/mol. The molecule has 1 saturated carbocycles. The minimum atomic E-state index is 0.101. The topological polar surface area (TPSA) is 58.1 Å². The molecule has 3 rings (SSSR count). The second-order valence-electron chi connectivity index (χ2n) is 5.95. The quantitative estimate of drug-likeness (QED) is 0.915. The molecule has 1 saturated heterocycles. The van der Waals surface area contributed by atoms with Gasteiger partial charge in [-0.1, -0.05) is 19.3 Å². The summed E-state index contributed by atoms with van der Waals surface area (Å²) in [6.07, 6.45) is 10.0. The fourth-order valence-electron chi connectivity index (χ4n) is 3.12. The van der Waals surface area contributed by atoms with Crippen LogP contribution in [0.25, 0.3) is 0 Å². The third-order valence-electron chi connectivity index (χ3n) is 4.42. The lowest BCUT2D eigenvalue weighted by Crippen LogP contribution is -2.56. The molecule has 1 amide bonds. The Kier molecular flexibility index (Phi) is 3.96. The first-order chi connectivity index (χ1) is 9.72. The maximum absolute atomic E-state index is 12.1. The predicted molar refractivity (Wildman–Crippen MR) is 77.3 cm³/mol. The zero-order valence-corrected chi connectivity index (χ0v) is 12.0. The van der Waals surface area contributed by atoms with Crippen LogP contribution in [0.5, 0.6) is 0 Å². The van der Waals surface area contributed by atoms with E-state index in [2.05, 4.69) is 20.2 Å². The van der Waals surface area contributed by atoms with E-state index < -0.39 is 0 Å². The lowest BCUT2D eigenvalue weighted by atomic mass is 9.88. The molecule has 0 aromatic carbocycles. The number of aryl methyl sites for hydroxylation is 1. The van der Waals surface area contributed by atoms with Gasteiger partial charge in [-0.15, -0.1) is 0 Å². The summed E-state index contributed by atoms with van der Waals surface area (Å²) in [5.74, 6) is 0.942. The maximum atomic E-state index is 12.1. The molecule has 2 fully saturated rings. The fraction of sp³-hybridized carbons (Fsp3) is 0.667. The van der Waals surface area contributed by atoms with E-state index >= 15 is 0 Å². The van der Waals surface area contributed by atoms with Crippen molar-refractivity contribution in [2.24, 2.45) is 5.92 Å². The Morgan fingerprint density at radius 1 is 1.20 bits per heavy atom. The molecule has 0 spiro atoms. The summed E-state index contributed by atoms with van der Waals surface area (Å²) in [5, 5.41) is 2.90. The SMILES string of the molecule is Cc1ncc(NC(=O)C2CN(C3CCCCC3)C2)cn1. The van der Waals surface area contributed by atoms with Gasteiger partial charge in [0.15, 0.2) is 0 Å². The number of hydrogen-bond donors (Lipinski definition) is 1. The van der Waals surface area contributed by atoms with Gasteiger partial charge in [0.25, 0.3) is 0 Å². The Balaban J connectivity index is 1.47.